The predicted octanol–water partition coefficient (Wildman–Crippen LogP) is 2.65. The lowest BCUT2D eigenvalue weighted by molar-refractivity contribution is -0.131. The SMILES string of the molecule is COc1ccc(/C=C(\Sc2n[nH]c(C)n2)C(=O)O)c(C)c1. The predicted molar refractivity (Wildman–Crippen MR) is 80.3 cm³/mol. The van der Waals surface area contributed by atoms with Gasteiger partial charge in [0.05, 0.1) is 7.11 Å². The zero-order valence-corrected chi connectivity index (χ0v) is 12.7. The zero-order chi connectivity index (χ0) is 15.4. The first kappa shape index (κ1) is 15.1. The number of hydrogen-bond acceptors (Lipinski definition) is 5. The van der Waals surface area contributed by atoms with Crippen molar-refractivity contribution >= 4 is 23.8 Å². The van der Waals surface area contributed by atoms with E-state index in [9.17, 15) is 9.90 Å². The number of thioether (sulfide) groups is 1. The van der Waals surface area contributed by atoms with Gasteiger partial charge in [-0.05, 0) is 54.9 Å². The van der Waals surface area contributed by atoms with Gasteiger partial charge in [0.15, 0.2) is 0 Å². The molecule has 0 radical (unpaired) electrons. The number of aromatic nitrogens is 3. The number of aliphatic carboxylic acids is 1. The third-order valence-corrected chi connectivity index (χ3v) is 3.63. The highest BCUT2D eigenvalue weighted by atomic mass is 32.2. The molecule has 0 bridgehead atoms. The normalized spacial score (nSPS) is 11.5. The molecule has 1 aromatic heterocycles. The lowest BCUT2D eigenvalue weighted by Gasteiger charge is -2.05. The number of nitrogens with one attached hydrogen (secondary N) is 1. The summed E-state index contributed by atoms with van der Waals surface area (Å²) in [6.45, 7) is 3.66. The largest absolute Gasteiger partial charge is 0.497 e. The van der Waals surface area contributed by atoms with Gasteiger partial charge >= 0.3 is 5.97 Å². The summed E-state index contributed by atoms with van der Waals surface area (Å²) in [5.41, 5.74) is 1.74. The molecule has 0 aliphatic rings. The summed E-state index contributed by atoms with van der Waals surface area (Å²) in [5.74, 6) is 0.360. The summed E-state index contributed by atoms with van der Waals surface area (Å²) < 4.78 is 5.13. The van der Waals surface area contributed by atoms with Crippen LogP contribution < -0.4 is 4.74 Å². The van der Waals surface area contributed by atoms with Crippen molar-refractivity contribution in [2.24, 2.45) is 0 Å². The molecule has 110 valence electrons. The van der Waals surface area contributed by atoms with Gasteiger partial charge in [0.2, 0.25) is 5.16 Å². The summed E-state index contributed by atoms with van der Waals surface area (Å²) in [5, 5.41) is 16.3. The summed E-state index contributed by atoms with van der Waals surface area (Å²) >= 11 is 1.01. The van der Waals surface area contributed by atoms with Crippen molar-refractivity contribution in [3.63, 3.8) is 0 Å². The fraction of sp³-hybridized carbons (Fsp3) is 0.214. The number of methoxy groups -OCH3 is 1. The Morgan fingerprint density at radius 1 is 1.43 bits per heavy atom. The molecule has 1 heterocycles. The van der Waals surface area contributed by atoms with Gasteiger partial charge in [-0.1, -0.05) is 6.07 Å². The number of carbonyl (C=O) groups is 1. The fourth-order valence-electron chi connectivity index (χ4n) is 1.68. The van der Waals surface area contributed by atoms with E-state index in [1.165, 1.54) is 0 Å². The molecule has 0 amide bonds. The number of aromatic amines is 1. The first-order chi connectivity index (χ1) is 9.99. The molecule has 0 fully saturated rings. The van der Waals surface area contributed by atoms with Crippen LogP contribution >= 0.6 is 11.8 Å². The summed E-state index contributed by atoms with van der Waals surface area (Å²) in [4.78, 5) is 15.6. The van der Waals surface area contributed by atoms with Crippen molar-refractivity contribution in [3.05, 3.63) is 40.1 Å². The van der Waals surface area contributed by atoms with E-state index >= 15 is 0 Å². The van der Waals surface area contributed by atoms with E-state index < -0.39 is 5.97 Å². The van der Waals surface area contributed by atoms with Crippen LogP contribution in [0, 0.1) is 13.8 Å². The number of rotatable bonds is 5. The van der Waals surface area contributed by atoms with Crippen LogP contribution in [0.5, 0.6) is 5.75 Å². The maximum atomic E-state index is 11.4. The molecule has 21 heavy (non-hydrogen) atoms. The third kappa shape index (κ3) is 3.85. The molecule has 0 unspecified atom stereocenters. The van der Waals surface area contributed by atoms with E-state index in [4.69, 9.17) is 4.74 Å². The standard InChI is InChI=1S/C14H15N3O3S/c1-8-6-11(20-3)5-4-10(8)7-12(13(18)19)21-14-15-9(2)16-17-14/h4-7H,1-3H3,(H,18,19)(H,15,16,17)/b12-7-. The van der Waals surface area contributed by atoms with E-state index in [1.54, 1.807) is 26.2 Å². The van der Waals surface area contributed by atoms with Crippen molar-refractivity contribution in [1.82, 2.24) is 15.2 Å². The highest BCUT2D eigenvalue weighted by Crippen LogP contribution is 2.27. The Morgan fingerprint density at radius 3 is 2.71 bits per heavy atom. The molecule has 7 heteroatoms. The molecule has 0 spiro atoms. The maximum Gasteiger partial charge on any atom is 0.342 e. The van der Waals surface area contributed by atoms with Crippen LogP contribution in [0.25, 0.3) is 6.08 Å². The molecule has 6 nitrogen and oxygen atoms in total. The highest BCUT2D eigenvalue weighted by molar-refractivity contribution is 8.04. The second kappa shape index (κ2) is 6.45. The number of aryl methyl sites for hydroxylation is 2. The van der Waals surface area contributed by atoms with Gasteiger partial charge < -0.3 is 9.84 Å². The van der Waals surface area contributed by atoms with Crippen molar-refractivity contribution in [2.75, 3.05) is 7.11 Å². The van der Waals surface area contributed by atoms with Crippen LogP contribution in [-0.2, 0) is 4.79 Å². The first-order valence-corrected chi connectivity index (χ1v) is 6.97. The van der Waals surface area contributed by atoms with Gasteiger partial charge in [-0.2, -0.15) is 0 Å². The first-order valence-electron chi connectivity index (χ1n) is 6.16. The van der Waals surface area contributed by atoms with Crippen LogP contribution in [-0.4, -0.2) is 33.4 Å². The Morgan fingerprint density at radius 2 is 2.19 bits per heavy atom. The molecule has 2 aromatic rings. The Bertz CT molecular complexity index is 695. The third-order valence-electron chi connectivity index (χ3n) is 2.75. The number of carboxylic acids is 1. The van der Waals surface area contributed by atoms with Crippen molar-refractivity contribution in [3.8, 4) is 5.75 Å². The van der Waals surface area contributed by atoms with Gasteiger partial charge in [-0.15, -0.1) is 5.10 Å². The molecule has 0 saturated carbocycles. The topological polar surface area (TPSA) is 88.1 Å². The van der Waals surface area contributed by atoms with E-state index in [2.05, 4.69) is 15.2 Å². The van der Waals surface area contributed by atoms with Crippen molar-refractivity contribution < 1.29 is 14.6 Å². The quantitative estimate of drug-likeness (QED) is 0.652. The number of carboxylic acid groups (broad SMARTS) is 1. The monoisotopic (exact) mass is 305 g/mol. The van der Waals surface area contributed by atoms with E-state index in [-0.39, 0.29) is 4.91 Å². The van der Waals surface area contributed by atoms with Gasteiger partial charge in [0, 0.05) is 0 Å². The number of nitrogens with zero attached hydrogens (tertiary/aromatic N) is 2. The molecule has 1 aromatic carbocycles. The highest BCUT2D eigenvalue weighted by Gasteiger charge is 2.13. The van der Waals surface area contributed by atoms with Gasteiger partial charge in [0.25, 0.3) is 0 Å². The molecule has 0 saturated heterocycles. The minimum Gasteiger partial charge on any atom is -0.497 e. The number of H-pyrrole nitrogens is 1. The van der Waals surface area contributed by atoms with E-state index in [1.807, 2.05) is 19.1 Å². The second-order valence-electron chi connectivity index (χ2n) is 4.34. The molecular formula is C14H15N3O3S. The molecule has 2 rings (SSSR count). The number of hydrogen-bond donors (Lipinski definition) is 2. The van der Waals surface area contributed by atoms with Crippen LogP contribution in [0.1, 0.15) is 17.0 Å². The Hall–Kier alpha value is -2.28. The molecule has 2 N–H and O–H groups in total. The number of ether oxygens (including phenoxy) is 1. The van der Waals surface area contributed by atoms with Crippen molar-refractivity contribution in [1.29, 1.82) is 0 Å². The maximum absolute atomic E-state index is 11.4. The Balaban J connectivity index is 2.31. The second-order valence-corrected chi connectivity index (χ2v) is 5.35. The average Bonchev–Trinajstić information content (AvgIpc) is 2.85. The Labute approximate surface area is 126 Å². The molecular weight excluding hydrogens is 290 g/mol. The molecule has 0 aliphatic carbocycles. The van der Waals surface area contributed by atoms with Crippen LogP contribution in [0.2, 0.25) is 0 Å². The van der Waals surface area contributed by atoms with E-state index in [0.717, 1.165) is 28.6 Å². The summed E-state index contributed by atoms with van der Waals surface area (Å²) in [6, 6.07) is 5.47. The lowest BCUT2D eigenvalue weighted by Crippen LogP contribution is -1.98. The van der Waals surface area contributed by atoms with Crippen molar-refractivity contribution in [2.45, 2.75) is 19.0 Å². The number of benzene rings is 1. The van der Waals surface area contributed by atoms with Crippen LogP contribution in [0.3, 0.4) is 0 Å². The summed E-state index contributed by atoms with van der Waals surface area (Å²) in [6.07, 6.45) is 1.60. The van der Waals surface area contributed by atoms with Gasteiger partial charge in [-0.25, -0.2) is 9.78 Å². The Kier molecular flexibility index (Phi) is 4.64. The smallest absolute Gasteiger partial charge is 0.342 e. The summed E-state index contributed by atoms with van der Waals surface area (Å²) in [7, 11) is 1.59. The van der Waals surface area contributed by atoms with E-state index in [0.29, 0.717) is 11.0 Å². The minimum atomic E-state index is -1.02. The van der Waals surface area contributed by atoms with Gasteiger partial charge in [-0.3, -0.25) is 5.10 Å². The van der Waals surface area contributed by atoms with Crippen LogP contribution in [0.4, 0.5) is 0 Å². The minimum absolute atomic E-state index is 0.155. The lowest BCUT2D eigenvalue weighted by atomic mass is 10.1. The van der Waals surface area contributed by atoms with Crippen LogP contribution in [0.15, 0.2) is 28.3 Å². The molecule has 0 atom stereocenters. The zero-order valence-electron chi connectivity index (χ0n) is 11.9. The van der Waals surface area contributed by atoms with Gasteiger partial charge in [0.1, 0.15) is 16.5 Å². The average molecular weight is 305 g/mol. The fourth-order valence-corrected chi connectivity index (χ4v) is 2.42. The molecule has 0 aliphatic heterocycles.